The predicted octanol–water partition coefficient (Wildman–Crippen LogP) is 1.99. The normalized spacial score (nSPS) is 11.8. The number of carbonyl (C=O) groups is 1. The number of aromatic nitrogens is 3. The molecule has 1 N–H and O–H groups in total. The third-order valence-electron chi connectivity index (χ3n) is 3.27. The topological polar surface area (TPSA) is 93.9 Å². The van der Waals surface area contributed by atoms with Crippen molar-refractivity contribution < 1.29 is 13.2 Å². The Morgan fingerprint density at radius 1 is 1.35 bits per heavy atom. The van der Waals surface area contributed by atoms with Crippen LogP contribution in [0.2, 0.25) is 0 Å². The summed E-state index contributed by atoms with van der Waals surface area (Å²) in [5, 5.41) is 7.27. The summed E-state index contributed by atoms with van der Waals surface area (Å²) in [5.74, 6) is -0.294. The lowest BCUT2D eigenvalue weighted by atomic mass is 10.2. The summed E-state index contributed by atoms with van der Waals surface area (Å²) in [4.78, 5) is 16.8. The van der Waals surface area contributed by atoms with Gasteiger partial charge in [0.05, 0.1) is 26.4 Å². The highest BCUT2D eigenvalue weighted by Crippen LogP contribution is 2.28. The molecule has 0 bridgehead atoms. The maximum Gasteiger partial charge on any atom is 0.260 e. The average Bonchev–Trinajstić information content (AvgIpc) is 2.98. The third kappa shape index (κ3) is 3.10. The summed E-state index contributed by atoms with van der Waals surface area (Å²) in [7, 11) is -1.53. The van der Waals surface area contributed by atoms with E-state index in [1.165, 1.54) is 17.4 Å². The zero-order valence-electron chi connectivity index (χ0n) is 12.7. The number of aryl methyl sites for hydroxylation is 2. The molecule has 0 unspecified atom stereocenters. The zero-order chi connectivity index (χ0) is 16.8. The average molecular weight is 350 g/mol. The molecule has 0 aliphatic heterocycles. The van der Waals surface area contributed by atoms with Crippen LogP contribution in [0.3, 0.4) is 0 Å². The van der Waals surface area contributed by atoms with Crippen LogP contribution in [0.1, 0.15) is 16.1 Å². The van der Waals surface area contributed by atoms with Gasteiger partial charge in [-0.25, -0.2) is 13.4 Å². The summed E-state index contributed by atoms with van der Waals surface area (Å²) < 4.78 is 25.5. The summed E-state index contributed by atoms with van der Waals surface area (Å²) >= 11 is 1.23. The van der Waals surface area contributed by atoms with Crippen LogP contribution in [0.5, 0.6) is 0 Å². The smallest absolute Gasteiger partial charge is 0.260 e. The molecule has 7 nitrogen and oxygen atoms in total. The lowest BCUT2D eigenvalue weighted by Gasteiger charge is -1.98. The maximum atomic E-state index is 12.3. The molecule has 23 heavy (non-hydrogen) atoms. The zero-order valence-corrected chi connectivity index (χ0v) is 14.3. The monoisotopic (exact) mass is 350 g/mol. The molecule has 0 saturated carbocycles. The van der Waals surface area contributed by atoms with Crippen molar-refractivity contribution in [1.82, 2.24) is 14.8 Å². The van der Waals surface area contributed by atoms with Gasteiger partial charge >= 0.3 is 0 Å². The van der Waals surface area contributed by atoms with Gasteiger partial charge in [0.25, 0.3) is 5.91 Å². The van der Waals surface area contributed by atoms with Crippen molar-refractivity contribution in [2.45, 2.75) is 11.8 Å². The first kappa shape index (κ1) is 15.6. The molecule has 0 aliphatic carbocycles. The number of benzene rings is 1. The van der Waals surface area contributed by atoms with Gasteiger partial charge in [0, 0.05) is 19.5 Å². The first-order chi connectivity index (χ1) is 10.7. The molecule has 0 radical (unpaired) electrons. The minimum atomic E-state index is -3.27. The molecule has 3 aromatic rings. The van der Waals surface area contributed by atoms with E-state index in [0.717, 1.165) is 6.26 Å². The number of nitrogens with zero attached hydrogens (tertiary/aromatic N) is 3. The fourth-order valence-corrected chi connectivity index (χ4v) is 3.80. The van der Waals surface area contributed by atoms with E-state index in [1.54, 1.807) is 37.0 Å². The second kappa shape index (κ2) is 5.43. The van der Waals surface area contributed by atoms with Crippen LogP contribution in [0.4, 0.5) is 5.13 Å². The van der Waals surface area contributed by atoms with Crippen LogP contribution in [0.25, 0.3) is 10.2 Å². The number of hydrogen-bond acceptors (Lipinski definition) is 6. The highest BCUT2D eigenvalue weighted by molar-refractivity contribution is 7.90. The van der Waals surface area contributed by atoms with E-state index in [0.29, 0.717) is 26.6 Å². The van der Waals surface area contributed by atoms with Gasteiger partial charge in [0.2, 0.25) is 0 Å². The molecule has 120 valence electrons. The molecular weight excluding hydrogens is 336 g/mol. The van der Waals surface area contributed by atoms with Crippen LogP contribution >= 0.6 is 11.3 Å². The van der Waals surface area contributed by atoms with Crippen LogP contribution in [-0.2, 0) is 16.9 Å². The van der Waals surface area contributed by atoms with E-state index in [9.17, 15) is 13.2 Å². The number of nitrogens with one attached hydrogen (secondary N) is 1. The Labute approximate surface area is 136 Å². The van der Waals surface area contributed by atoms with Crippen LogP contribution in [0.15, 0.2) is 29.3 Å². The lowest BCUT2D eigenvalue weighted by Crippen LogP contribution is -2.12. The number of rotatable bonds is 3. The summed E-state index contributed by atoms with van der Waals surface area (Å²) in [6, 6.07) is 4.70. The molecule has 9 heteroatoms. The predicted molar refractivity (Wildman–Crippen MR) is 88.6 cm³/mol. The largest absolute Gasteiger partial charge is 0.298 e. The fourth-order valence-electron chi connectivity index (χ4n) is 2.18. The second-order valence-electron chi connectivity index (χ2n) is 5.18. The van der Waals surface area contributed by atoms with E-state index in [1.807, 2.05) is 0 Å². The third-order valence-corrected chi connectivity index (χ3v) is 5.31. The van der Waals surface area contributed by atoms with Crippen molar-refractivity contribution in [2.24, 2.45) is 7.05 Å². The molecule has 0 atom stereocenters. The standard InChI is InChI=1S/C14H14N4O3S2/c1-8-10(7-18(2)17-8)13(19)16-14-15-11-5-4-9(23(3,20)21)6-12(11)22-14/h4-7H,1-3H3,(H,15,16,19). The summed E-state index contributed by atoms with van der Waals surface area (Å²) in [6.45, 7) is 1.76. The minimum absolute atomic E-state index is 0.231. The molecule has 1 amide bonds. The van der Waals surface area contributed by atoms with E-state index in [2.05, 4.69) is 15.4 Å². The van der Waals surface area contributed by atoms with Crippen molar-refractivity contribution in [3.63, 3.8) is 0 Å². The first-order valence-electron chi connectivity index (χ1n) is 6.66. The number of anilines is 1. The number of carbonyl (C=O) groups excluding carboxylic acids is 1. The Balaban J connectivity index is 1.92. The molecule has 3 rings (SSSR count). The molecule has 2 aromatic heterocycles. The molecule has 1 aromatic carbocycles. The van der Waals surface area contributed by atoms with E-state index >= 15 is 0 Å². The number of fused-ring (bicyclic) bond motifs is 1. The Kier molecular flexibility index (Phi) is 3.69. The van der Waals surface area contributed by atoms with Gasteiger partial charge in [-0.3, -0.25) is 14.8 Å². The maximum absolute atomic E-state index is 12.3. The highest BCUT2D eigenvalue weighted by atomic mass is 32.2. The molecule has 2 heterocycles. The van der Waals surface area contributed by atoms with Crippen molar-refractivity contribution in [1.29, 1.82) is 0 Å². The molecule has 0 fully saturated rings. The lowest BCUT2D eigenvalue weighted by molar-refractivity contribution is 0.102. The molecule has 0 saturated heterocycles. The summed E-state index contributed by atoms with van der Waals surface area (Å²) in [5.41, 5.74) is 1.75. The van der Waals surface area contributed by atoms with Crippen LogP contribution < -0.4 is 5.32 Å². The Bertz CT molecular complexity index is 1020. The van der Waals surface area contributed by atoms with Gasteiger partial charge in [-0.2, -0.15) is 5.10 Å². The van der Waals surface area contributed by atoms with Crippen LogP contribution in [-0.4, -0.2) is 35.3 Å². The number of thiazole rings is 1. The first-order valence-corrected chi connectivity index (χ1v) is 9.37. The number of hydrogen-bond donors (Lipinski definition) is 1. The van der Waals surface area contributed by atoms with Gasteiger partial charge in [-0.15, -0.1) is 0 Å². The van der Waals surface area contributed by atoms with Gasteiger partial charge < -0.3 is 0 Å². The Morgan fingerprint density at radius 2 is 2.09 bits per heavy atom. The van der Waals surface area contributed by atoms with Gasteiger partial charge in [-0.1, -0.05) is 11.3 Å². The van der Waals surface area contributed by atoms with Gasteiger partial charge in [0.1, 0.15) is 0 Å². The minimum Gasteiger partial charge on any atom is -0.298 e. The van der Waals surface area contributed by atoms with E-state index in [4.69, 9.17) is 0 Å². The Hall–Kier alpha value is -2.26. The van der Waals surface area contributed by atoms with Crippen LogP contribution in [0, 0.1) is 6.92 Å². The number of sulfone groups is 1. The van der Waals surface area contributed by atoms with Gasteiger partial charge in [-0.05, 0) is 25.1 Å². The van der Waals surface area contributed by atoms with E-state index in [-0.39, 0.29) is 10.8 Å². The molecule has 0 spiro atoms. The van der Waals surface area contributed by atoms with E-state index < -0.39 is 9.84 Å². The SMILES string of the molecule is Cc1nn(C)cc1C(=O)Nc1nc2ccc(S(C)(=O)=O)cc2s1. The fraction of sp³-hybridized carbons (Fsp3) is 0.214. The van der Waals surface area contributed by atoms with Crippen molar-refractivity contribution in [3.05, 3.63) is 35.7 Å². The van der Waals surface area contributed by atoms with Crippen molar-refractivity contribution in [2.75, 3.05) is 11.6 Å². The van der Waals surface area contributed by atoms with Gasteiger partial charge in [0.15, 0.2) is 15.0 Å². The quantitative estimate of drug-likeness (QED) is 0.780. The summed E-state index contributed by atoms with van der Waals surface area (Å²) in [6.07, 6.45) is 2.79. The van der Waals surface area contributed by atoms with Crippen molar-refractivity contribution in [3.8, 4) is 0 Å². The molecular formula is C14H14N4O3S2. The molecule has 0 aliphatic rings. The van der Waals surface area contributed by atoms with Crippen molar-refractivity contribution >= 4 is 42.4 Å². The highest BCUT2D eigenvalue weighted by Gasteiger charge is 2.15. The Morgan fingerprint density at radius 3 is 2.70 bits per heavy atom. The number of amides is 1. The second-order valence-corrected chi connectivity index (χ2v) is 8.22.